The molecule has 2 saturated heterocycles. The number of carboxylic acid groups (broad SMARTS) is 1. The number of benzene rings is 2. The molecule has 2 aliphatic rings. The zero-order chi connectivity index (χ0) is 33.1. The molecule has 1 atom stereocenters. The lowest BCUT2D eigenvalue weighted by Gasteiger charge is -2.39. The summed E-state index contributed by atoms with van der Waals surface area (Å²) in [4.78, 5) is 24.1. The number of fused-ring (bicyclic) bond motifs is 1. The second-order valence-electron chi connectivity index (χ2n) is 12.2. The molecule has 0 amide bonds. The van der Waals surface area contributed by atoms with Crippen LogP contribution in [0, 0.1) is 11.3 Å². The summed E-state index contributed by atoms with van der Waals surface area (Å²) in [6.45, 7) is 6.03. The van der Waals surface area contributed by atoms with Gasteiger partial charge in [-0.05, 0) is 68.8 Å². The second-order valence-corrected chi connectivity index (χ2v) is 12.2. The van der Waals surface area contributed by atoms with Crippen LogP contribution in [0.4, 0.5) is 0 Å². The third kappa shape index (κ3) is 6.54. The lowest BCUT2D eigenvalue weighted by atomic mass is 9.77. The molecule has 47 heavy (non-hydrogen) atoms. The van der Waals surface area contributed by atoms with Gasteiger partial charge in [0, 0.05) is 17.6 Å². The van der Waals surface area contributed by atoms with E-state index in [1.54, 1.807) is 32.4 Å². The highest BCUT2D eigenvalue weighted by Crippen LogP contribution is 2.38. The average Bonchev–Trinajstić information content (AvgIpc) is 3.42. The SMILES string of the molecule is COc1cc(C#N)ccc1COc1nc(C2(C)CCN(Cc3nc4c(OC)cc(C(=O)O)cc4n3C[C@@H]3CCO3)CC2)ccc1OC. The first-order chi connectivity index (χ1) is 22.7. The molecule has 12 nitrogen and oxygen atoms in total. The van der Waals surface area contributed by atoms with Gasteiger partial charge in [0.05, 0.1) is 68.9 Å². The number of rotatable bonds is 12. The summed E-state index contributed by atoms with van der Waals surface area (Å²) in [7, 11) is 4.69. The molecule has 2 aromatic heterocycles. The molecule has 0 aliphatic carbocycles. The number of methoxy groups -OCH3 is 3. The van der Waals surface area contributed by atoms with Crippen LogP contribution in [0.1, 0.15) is 59.2 Å². The van der Waals surface area contributed by atoms with Crippen molar-refractivity contribution in [3.05, 3.63) is 70.7 Å². The number of likely N-dealkylation sites (tertiary alicyclic amines) is 1. The van der Waals surface area contributed by atoms with Gasteiger partial charge in [0.1, 0.15) is 29.4 Å². The first-order valence-corrected chi connectivity index (χ1v) is 15.6. The molecule has 6 rings (SSSR count). The maximum absolute atomic E-state index is 11.9. The topological polar surface area (TPSA) is 141 Å². The third-order valence-corrected chi connectivity index (χ3v) is 9.31. The smallest absolute Gasteiger partial charge is 0.335 e. The standard InChI is InChI=1S/C35H39N5O7/c1-35(30-8-7-27(43-2)33(37-30)47-21-23-6-5-22(18-36)15-28(23)44-3)10-12-39(13-11-35)20-31-38-32-26(40(31)19-25-9-14-46-25)16-24(34(41)42)17-29(32)45-4/h5-8,15-17,25H,9-14,19-21H2,1-4H3,(H,41,42)/t25-/m0/s1. The van der Waals surface area contributed by atoms with E-state index < -0.39 is 5.97 Å². The van der Waals surface area contributed by atoms with Crippen molar-refractivity contribution in [3.63, 3.8) is 0 Å². The van der Waals surface area contributed by atoms with Crippen LogP contribution in [0.2, 0.25) is 0 Å². The first kappa shape index (κ1) is 32.1. The molecule has 2 fully saturated rings. The molecular formula is C35H39N5O7. The van der Waals surface area contributed by atoms with Crippen molar-refractivity contribution in [2.24, 2.45) is 0 Å². The Hall–Kier alpha value is -4.86. The van der Waals surface area contributed by atoms with Gasteiger partial charge in [0.2, 0.25) is 0 Å². The maximum atomic E-state index is 11.9. The Kier molecular flexibility index (Phi) is 9.20. The third-order valence-electron chi connectivity index (χ3n) is 9.31. The number of pyridine rings is 1. The van der Waals surface area contributed by atoms with Gasteiger partial charge < -0.3 is 33.4 Å². The predicted molar refractivity (Wildman–Crippen MR) is 172 cm³/mol. The molecule has 2 aromatic carbocycles. The molecule has 0 saturated carbocycles. The quantitative estimate of drug-likeness (QED) is 0.225. The molecule has 4 heterocycles. The highest BCUT2D eigenvalue weighted by molar-refractivity contribution is 5.95. The summed E-state index contributed by atoms with van der Waals surface area (Å²) in [6, 6.07) is 14.5. The van der Waals surface area contributed by atoms with E-state index >= 15 is 0 Å². The normalized spacial score (nSPS) is 17.5. The number of ether oxygens (including phenoxy) is 5. The van der Waals surface area contributed by atoms with E-state index in [0.29, 0.717) is 47.3 Å². The molecule has 246 valence electrons. The number of nitriles is 1. The van der Waals surface area contributed by atoms with Crippen molar-refractivity contribution in [3.8, 4) is 29.2 Å². The molecule has 1 N–H and O–H groups in total. The van der Waals surface area contributed by atoms with Gasteiger partial charge in [-0.15, -0.1) is 0 Å². The predicted octanol–water partition coefficient (Wildman–Crippen LogP) is 4.95. The van der Waals surface area contributed by atoms with Crippen LogP contribution >= 0.6 is 0 Å². The van der Waals surface area contributed by atoms with Crippen molar-refractivity contribution in [1.29, 1.82) is 5.26 Å². The van der Waals surface area contributed by atoms with E-state index in [1.807, 2.05) is 18.2 Å². The highest BCUT2D eigenvalue weighted by Gasteiger charge is 2.35. The Morgan fingerprint density at radius 2 is 1.79 bits per heavy atom. The fourth-order valence-electron chi connectivity index (χ4n) is 6.24. The number of carboxylic acids is 1. The molecular weight excluding hydrogens is 602 g/mol. The average molecular weight is 642 g/mol. The Labute approximate surface area is 273 Å². The fraction of sp³-hybridized carbons (Fsp3) is 0.429. The number of piperidine rings is 1. The Balaban J connectivity index is 1.19. The van der Waals surface area contributed by atoms with Gasteiger partial charge in [-0.1, -0.05) is 13.0 Å². The molecule has 0 bridgehead atoms. The van der Waals surface area contributed by atoms with Gasteiger partial charge in [0.15, 0.2) is 5.75 Å². The zero-order valence-corrected chi connectivity index (χ0v) is 27.1. The lowest BCUT2D eigenvalue weighted by molar-refractivity contribution is -0.0592. The van der Waals surface area contributed by atoms with Gasteiger partial charge in [-0.2, -0.15) is 5.26 Å². The number of carbonyl (C=O) groups is 1. The largest absolute Gasteiger partial charge is 0.496 e. The van der Waals surface area contributed by atoms with Gasteiger partial charge >= 0.3 is 5.97 Å². The van der Waals surface area contributed by atoms with Crippen molar-refractivity contribution >= 4 is 17.0 Å². The van der Waals surface area contributed by atoms with Crippen LogP contribution in [0.15, 0.2) is 42.5 Å². The maximum Gasteiger partial charge on any atom is 0.335 e. The summed E-state index contributed by atoms with van der Waals surface area (Å²) in [5.74, 6) is 1.82. The highest BCUT2D eigenvalue weighted by atomic mass is 16.5. The van der Waals surface area contributed by atoms with E-state index in [4.69, 9.17) is 33.7 Å². The van der Waals surface area contributed by atoms with Crippen LogP contribution in [0.3, 0.4) is 0 Å². The van der Waals surface area contributed by atoms with E-state index in [1.165, 1.54) is 13.2 Å². The summed E-state index contributed by atoms with van der Waals surface area (Å²) in [5, 5.41) is 18.9. The van der Waals surface area contributed by atoms with Gasteiger partial charge in [-0.25, -0.2) is 14.8 Å². The van der Waals surface area contributed by atoms with Gasteiger partial charge in [0.25, 0.3) is 5.88 Å². The summed E-state index contributed by atoms with van der Waals surface area (Å²) >= 11 is 0. The number of aromatic nitrogens is 3. The summed E-state index contributed by atoms with van der Waals surface area (Å²) in [6.07, 6.45) is 2.77. The van der Waals surface area contributed by atoms with Crippen molar-refractivity contribution in [2.75, 3.05) is 41.0 Å². The monoisotopic (exact) mass is 641 g/mol. The van der Waals surface area contributed by atoms with Crippen LogP contribution in [-0.4, -0.2) is 77.6 Å². The number of hydrogen-bond acceptors (Lipinski definition) is 10. The lowest BCUT2D eigenvalue weighted by Crippen LogP contribution is -2.41. The number of aromatic carboxylic acids is 1. The Morgan fingerprint density at radius 1 is 1.04 bits per heavy atom. The number of nitrogens with zero attached hydrogens (tertiary/aromatic N) is 5. The van der Waals surface area contributed by atoms with Crippen LogP contribution < -0.4 is 18.9 Å². The van der Waals surface area contributed by atoms with Crippen molar-refractivity contribution < 1.29 is 33.6 Å². The molecule has 0 unspecified atom stereocenters. The minimum absolute atomic E-state index is 0.0748. The van der Waals surface area contributed by atoms with E-state index in [-0.39, 0.29) is 23.7 Å². The van der Waals surface area contributed by atoms with Crippen LogP contribution in [-0.2, 0) is 29.8 Å². The van der Waals surface area contributed by atoms with E-state index in [9.17, 15) is 15.2 Å². The molecule has 2 aliphatic heterocycles. The second kappa shape index (κ2) is 13.5. The summed E-state index contributed by atoms with van der Waals surface area (Å²) in [5.41, 5.74) is 3.61. The molecule has 0 spiro atoms. The Bertz CT molecular complexity index is 1820. The van der Waals surface area contributed by atoms with Crippen molar-refractivity contribution in [2.45, 2.75) is 57.4 Å². The zero-order valence-electron chi connectivity index (χ0n) is 27.1. The van der Waals surface area contributed by atoms with Crippen LogP contribution in [0.5, 0.6) is 23.1 Å². The van der Waals surface area contributed by atoms with Crippen LogP contribution in [0.25, 0.3) is 11.0 Å². The van der Waals surface area contributed by atoms with Gasteiger partial charge in [-0.3, -0.25) is 4.90 Å². The van der Waals surface area contributed by atoms with E-state index in [2.05, 4.69) is 22.5 Å². The minimum atomic E-state index is -1.01. The fourth-order valence-corrected chi connectivity index (χ4v) is 6.24. The molecule has 12 heteroatoms. The van der Waals surface area contributed by atoms with E-state index in [0.717, 1.165) is 61.6 Å². The minimum Gasteiger partial charge on any atom is -0.496 e. The van der Waals surface area contributed by atoms with Crippen molar-refractivity contribution in [1.82, 2.24) is 19.4 Å². The Morgan fingerprint density at radius 3 is 2.43 bits per heavy atom. The molecule has 0 radical (unpaired) electrons. The first-order valence-electron chi connectivity index (χ1n) is 15.6. The number of imidazole rings is 1. The molecule has 4 aromatic rings. The summed E-state index contributed by atoms with van der Waals surface area (Å²) < 4.78 is 30.6. The number of hydrogen-bond donors (Lipinski definition) is 1.